The van der Waals surface area contributed by atoms with Crippen LogP contribution >= 0.6 is 7.72 Å². The van der Waals surface area contributed by atoms with Gasteiger partial charge in [0.2, 0.25) is 11.8 Å². The fourth-order valence-corrected chi connectivity index (χ4v) is 6.27. The Morgan fingerprint density at radius 2 is 1.72 bits per heavy atom. The minimum absolute atomic E-state index is 0.127. The molecule has 8 nitrogen and oxygen atoms in total. The number of rotatable bonds is 13. The number of primary amides is 1. The van der Waals surface area contributed by atoms with Crippen LogP contribution in [0.25, 0.3) is 10.9 Å². The Bertz CT molecular complexity index is 1150. The molecule has 36 heavy (non-hydrogen) atoms. The topological polar surface area (TPSA) is 154 Å². The van der Waals surface area contributed by atoms with E-state index in [0.29, 0.717) is 19.3 Å². The van der Waals surface area contributed by atoms with Gasteiger partial charge < -0.3 is 16.0 Å². The summed E-state index contributed by atoms with van der Waals surface area (Å²) < 4.78 is 0. The van der Waals surface area contributed by atoms with Crippen molar-refractivity contribution in [3.05, 3.63) is 71.9 Å². The van der Waals surface area contributed by atoms with Crippen molar-refractivity contribution in [2.45, 2.75) is 51.4 Å². The molecule has 3 rings (SSSR count). The molecule has 2 amide bonds. The third kappa shape index (κ3) is 7.61. The van der Waals surface area contributed by atoms with Crippen molar-refractivity contribution in [3.63, 3.8) is 0 Å². The number of hydrogen-bond donors (Lipinski definition) is 6. The van der Waals surface area contributed by atoms with Crippen molar-refractivity contribution >= 4 is 30.4 Å². The molecule has 2 aromatic carbocycles. The Morgan fingerprint density at radius 1 is 1.06 bits per heavy atom. The highest BCUT2D eigenvalue weighted by molar-refractivity contribution is 7.65. The summed E-state index contributed by atoms with van der Waals surface area (Å²) in [6.45, 7) is 3.92. The standard InChI is InChI=1S/C27H37N4O4P/c1-18(2)14-21(17-36(34,35)25(28)13-12-19-8-4-3-5-9-19)27(33)31-24(26(29)32)15-20-16-30-23-11-7-6-10-22(20)23/h3-11,16,18,21,24-25,30,34-35H,12-15,17,28H2,1-2H3,(H2-,29,31,32,33)/p+1/t21-,24+,25-/m1/s1. The lowest BCUT2D eigenvalue weighted by atomic mass is 9.97. The smallest absolute Gasteiger partial charge is 0.285 e. The fourth-order valence-electron chi connectivity index (χ4n) is 4.49. The number of nitrogens with one attached hydrogen (secondary N) is 2. The number of para-hydroxylation sites is 1. The number of carbonyl (C=O) groups is 2. The molecule has 1 heterocycles. The van der Waals surface area contributed by atoms with Crippen LogP contribution in [-0.2, 0) is 22.4 Å². The number of hydrogen-bond acceptors (Lipinski definition) is 5. The minimum Gasteiger partial charge on any atom is -0.368 e. The van der Waals surface area contributed by atoms with Crippen LogP contribution in [0, 0.1) is 11.8 Å². The normalized spacial score (nSPS) is 14.5. The third-order valence-electron chi connectivity index (χ3n) is 6.48. The van der Waals surface area contributed by atoms with Crippen LogP contribution in [0.4, 0.5) is 0 Å². The molecule has 194 valence electrons. The number of carbonyl (C=O) groups excluding carboxylic acids is 2. The number of benzene rings is 2. The van der Waals surface area contributed by atoms with Gasteiger partial charge in [-0.25, -0.2) is 9.79 Å². The maximum absolute atomic E-state index is 13.3. The third-order valence-corrected chi connectivity index (χ3v) is 8.78. The predicted octanol–water partition coefficient (Wildman–Crippen LogP) is 3.09. The molecule has 1 aromatic heterocycles. The molecule has 0 aliphatic heterocycles. The first kappa shape index (κ1) is 27.8. The van der Waals surface area contributed by atoms with E-state index < -0.39 is 37.3 Å². The Kier molecular flexibility index (Phi) is 9.63. The Hall–Kier alpha value is -2.77. The number of nitrogens with two attached hydrogens (primary N) is 2. The predicted molar refractivity (Wildman–Crippen MR) is 145 cm³/mol. The zero-order valence-electron chi connectivity index (χ0n) is 20.9. The van der Waals surface area contributed by atoms with Crippen molar-refractivity contribution in [2.24, 2.45) is 23.3 Å². The second-order valence-corrected chi connectivity index (χ2v) is 12.5. The summed E-state index contributed by atoms with van der Waals surface area (Å²) in [6.07, 6.45) is 3.34. The van der Waals surface area contributed by atoms with Gasteiger partial charge >= 0.3 is 0 Å². The van der Waals surface area contributed by atoms with E-state index in [2.05, 4.69) is 10.3 Å². The van der Waals surface area contributed by atoms with Gasteiger partial charge in [-0.3, -0.25) is 15.3 Å². The van der Waals surface area contributed by atoms with E-state index in [4.69, 9.17) is 11.5 Å². The van der Waals surface area contributed by atoms with Crippen molar-refractivity contribution in [1.29, 1.82) is 0 Å². The van der Waals surface area contributed by atoms with Gasteiger partial charge in [0.05, 0.1) is 5.92 Å². The van der Waals surface area contributed by atoms with Crippen molar-refractivity contribution < 1.29 is 19.4 Å². The second-order valence-electron chi connectivity index (χ2n) is 9.91. The van der Waals surface area contributed by atoms with Gasteiger partial charge in [-0.05, 0) is 36.0 Å². The molecule has 9 heteroatoms. The fraction of sp³-hybridized carbons (Fsp3) is 0.407. The van der Waals surface area contributed by atoms with Crippen molar-refractivity contribution in [3.8, 4) is 0 Å². The molecular weight excluding hydrogens is 475 g/mol. The summed E-state index contributed by atoms with van der Waals surface area (Å²) in [6, 6.07) is 16.5. The van der Waals surface area contributed by atoms with Gasteiger partial charge in [0, 0.05) is 29.9 Å². The molecule has 3 atom stereocenters. The molecule has 0 aliphatic rings. The zero-order chi connectivity index (χ0) is 26.3. The molecule has 8 N–H and O–H groups in total. The monoisotopic (exact) mass is 513 g/mol. The summed E-state index contributed by atoms with van der Waals surface area (Å²) in [4.78, 5) is 50.6. The number of H-pyrrole nitrogens is 1. The van der Waals surface area contributed by atoms with Gasteiger partial charge in [0.15, 0.2) is 5.78 Å². The number of amides is 2. The molecular formula is C27H38N4O4P+. The van der Waals surface area contributed by atoms with E-state index in [1.165, 1.54) is 0 Å². The quantitative estimate of drug-likeness (QED) is 0.194. The van der Waals surface area contributed by atoms with Crippen molar-refractivity contribution in [1.82, 2.24) is 10.3 Å². The summed E-state index contributed by atoms with van der Waals surface area (Å²) in [5, 5.41) is 3.73. The lowest BCUT2D eigenvalue weighted by Crippen LogP contribution is -2.49. The number of aryl methyl sites for hydroxylation is 1. The van der Waals surface area contributed by atoms with Crippen LogP contribution in [0.5, 0.6) is 0 Å². The molecule has 0 bridgehead atoms. The average molecular weight is 514 g/mol. The van der Waals surface area contributed by atoms with E-state index in [9.17, 15) is 19.4 Å². The zero-order valence-corrected chi connectivity index (χ0v) is 21.8. The van der Waals surface area contributed by atoms with Crippen LogP contribution in [0.2, 0.25) is 0 Å². The summed E-state index contributed by atoms with van der Waals surface area (Å²) in [7, 11) is -3.60. The average Bonchev–Trinajstić information content (AvgIpc) is 3.24. The Balaban J connectivity index is 1.68. The highest BCUT2D eigenvalue weighted by Gasteiger charge is 2.45. The van der Waals surface area contributed by atoms with Gasteiger partial charge in [-0.2, -0.15) is 0 Å². The van der Waals surface area contributed by atoms with Gasteiger partial charge in [0.25, 0.3) is 7.72 Å². The SMILES string of the molecule is CC(C)C[C@H](C[P+](O)(O)[C@@H](N)CCc1ccccc1)C(=O)N[C@@H](Cc1c[nH]c2ccccc12)C(N)=O. The first-order valence-electron chi connectivity index (χ1n) is 12.3. The second kappa shape index (κ2) is 12.5. The largest absolute Gasteiger partial charge is 0.368 e. The van der Waals surface area contributed by atoms with E-state index in [0.717, 1.165) is 22.0 Å². The van der Waals surface area contributed by atoms with Crippen molar-refractivity contribution in [2.75, 3.05) is 6.16 Å². The molecule has 0 saturated carbocycles. The molecule has 0 spiro atoms. The molecule has 3 aromatic rings. The first-order valence-corrected chi connectivity index (χ1v) is 14.3. The molecule has 0 fully saturated rings. The Labute approximate surface area is 213 Å². The summed E-state index contributed by atoms with van der Waals surface area (Å²) in [5.74, 6) is -2.48. The molecule has 0 saturated heterocycles. The maximum Gasteiger partial charge on any atom is 0.285 e. The lowest BCUT2D eigenvalue weighted by molar-refractivity contribution is -0.129. The lowest BCUT2D eigenvalue weighted by Gasteiger charge is -2.26. The van der Waals surface area contributed by atoms with Crippen LogP contribution in [0.15, 0.2) is 60.8 Å². The van der Waals surface area contributed by atoms with E-state index in [1.807, 2.05) is 74.6 Å². The highest BCUT2D eigenvalue weighted by atomic mass is 31.2. The van der Waals surface area contributed by atoms with E-state index in [1.54, 1.807) is 0 Å². The number of fused-ring (bicyclic) bond motifs is 1. The Morgan fingerprint density at radius 3 is 2.39 bits per heavy atom. The van der Waals surface area contributed by atoms with E-state index in [-0.39, 0.29) is 18.5 Å². The van der Waals surface area contributed by atoms with Crippen LogP contribution in [0.1, 0.15) is 37.8 Å². The highest BCUT2D eigenvalue weighted by Crippen LogP contribution is 2.56. The van der Waals surface area contributed by atoms with Crippen LogP contribution in [-0.4, -0.2) is 44.6 Å². The molecule has 0 radical (unpaired) electrons. The first-order chi connectivity index (χ1) is 17.1. The number of aromatic nitrogens is 1. The molecule has 0 aliphatic carbocycles. The van der Waals surface area contributed by atoms with Crippen LogP contribution < -0.4 is 16.8 Å². The summed E-state index contributed by atoms with van der Waals surface area (Å²) in [5.41, 5.74) is 14.7. The maximum atomic E-state index is 13.3. The minimum atomic E-state index is -3.60. The van der Waals surface area contributed by atoms with Crippen LogP contribution in [0.3, 0.4) is 0 Å². The molecule has 0 unspecified atom stereocenters. The number of aromatic amines is 1. The van der Waals surface area contributed by atoms with Gasteiger partial charge in [-0.1, -0.05) is 62.4 Å². The van der Waals surface area contributed by atoms with E-state index >= 15 is 0 Å². The summed E-state index contributed by atoms with van der Waals surface area (Å²) >= 11 is 0. The van der Waals surface area contributed by atoms with Gasteiger partial charge in [-0.15, -0.1) is 0 Å². The van der Waals surface area contributed by atoms with Gasteiger partial charge in [0.1, 0.15) is 12.2 Å².